The van der Waals surface area contributed by atoms with Gasteiger partial charge in [-0.05, 0) is 24.3 Å². The first-order chi connectivity index (χ1) is 12.5. The minimum absolute atomic E-state index is 0.0998. The van der Waals surface area contributed by atoms with Crippen LogP contribution in [0.2, 0.25) is 0 Å². The molecule has 0 spiro atoms. The van der Waals surface area contributed by atoms with E-state index in [-0.39, 0.29) is 24.0 Å². The molecule has 0 atom stereocenters. The molecule has 0 aliphatic rings. The second-order valence-electron chi connectivity index (χ2n) is 5.60. The molecule has 9 heteroatoms. The number of pyridine rings is 1. The fourth-order valence-electron chi connectivity index (χ4n) is 2.11. The number of nitrogens with zero attached hydrogens (tertiary/aromatic N) is 3. The maximum Gasteiger partial charge on any atom is 0.293 e. The largest absolute Gasteiger partial charge is 0.459 e. The van der Waals surface area contributed by atoms with Crippen LogP contribution in [0, 0.1) is 0 Å². The van der Waals surface area contributed by atoms with Gasteiger partial charge in [0, 0.05) is 19.5 Å². The zero-order valence-corrected chi connectivity index (χ0v) is 15.0. The molecule has 134 valence electrons. The number of nitrogens with one attached hydrogen (secondary N) is 2. The van der Waals surface area contributed by atoms with Gasteiger partial charge in [-0.25, -0.2) is 9.97 Å². The minimum atomic E-state index is -0.382. The fraction of sp³-hybridized carbons (Fsp3) is 0.176. The van der Waals surface area contributed by atoms with Crippen LogP contribution < -0.4 is 15.5 Å². The Bertz CT molecular complexity index is 888. The summed E-state index contributed by atoms with van der Waals surface area (Å²) in [6.45, 7) is 0. The summed E-state index contributed by atoms with van der Waals surface area (Å²) in [5.74, 6) is 0.415. The van der Waals surface area contributed by atoms with E-state index in [1.807, 2.05) is 25.1 Å². The maximum absolute atomic E-state index is 12.1. The van der Waals surface area contributed by atoms with Crippen LogP contribution in [0.1, 0.15) is 16.2 Å². The Morgan fingerprint density at radius 2 is 2.08 bits per heavy atom. The van der Waals surface area contributed by atoms with Gasteiger partial charge in [-0.3, -0.25) is 14.9 Å². The second kappa shape index (κ2) is 7.79. The molecule has 0 radical (unpaired) electrons. The first-order valence-corrected chi connectivity index (χ1v) is 8.62. The van der Waals surface area contributed by atoms with Crippen molar-refractivity contribution in [1.82, 2.24) is 9.97 Å². The van der Waals surface area contributed by atoms with Crippen molar-refractivity contribution in [3.05, 3.63) is 53.6 Å². The van der Waals surface area contributed by atoms with E-state index in [1.165, 1.54) is 17.6 Å². The van der Waals surface area contributed by atoms with Gasteiger partial charge in [0.15, 0.2) is 10.9 Å². The van der Waals surface area contributed by atoms with Gasteiger partial charge in [0.25, 0.3) is 5.91 Å². The van der Waals surface area contributed by atoms with E-state index in [9.17, 15) is 9.59 Å². The van der Waals surface area contributed by atoms with Crippen molar-refractivity contribution < 1.29 is 14.0 Å². The Labute approximate surface area is 153 Å². The van der Waals surface area contributed by atoms with Gasteiger partial charge in [-0.2, -0.15) is 0 Å². The SMILES string of the molecule is CN(C)c1ccc(NC(=O)Cc2csc(NC(=O)c3ccco3)n2)cn1. The molecule has 0 saturated carbocycles. The Morgan fingerprint density at radius 1 is 1.23 bits per heavy atom. The molecule has 0 fully saturated rings. The molecule has 26 heavy (non-hydrogen) atoms. The molecule has 2 N–H and O–H groups in total. The van der Waals surface area contributed by atoms with E-state index in [0.717, 1.165) is 5.82 Å². The van der Waals surface area contributed by atoms with Crippen molar-refractivity contribution in [3.8, 4) is 0 Å². The summed E-state index contributed by atoms with van der Waals surface area (Å²) >= 11 is 1.25. The number of furan rings is 1. The van der Waals surface area contributed by atoms with E-state index in [2.05, 4.69) is 20.6 Å². The summed E-state index contributed by atoms with van der Waals surface area (Å²) in [5.41, 5.74) is 1.18. The zero-order valence-electron chi connectivity index (χ0n) is 14.2. The standard InChI is InChI=1S/C17H17N5O3S/c1-22(2)14-6-5-11(9-18-14)19-15(23)8-12-10-26-17(20-12)21-16(24)13-4-3-7-25-13/h3-7,9-10H,8H2,1-2H3,(H,19,23)(H,20,21,24). The van der Waals surface area contributed by atoms with Gasteiger partial charge < -0.3 is 14.6 Å². The molecule has 3 heterocycles. The number of rotatable bonds is 6. The van der Waals surface area contributed by atoms with E-state index in [4.69, 9.17) is 4.42 Å². The number of hydrogen-bond acceptors (Lipinski definition) is 7. The van der Waals surface area contributed by atoms with Crippen molar-refractivity contribution in [2.24, 2.45) is 0 Å². The summed E-state index contributed by atoms with van der Waals surface area (Å²) in [7, 11) is 3.79. The Balaban J connectivity index is 1.55. The predicted octanol–water partition coefficient (Wildman–Crippen LogP) is 2.63. The van der Waals surface area contributed by atoms with Crippen LogP contribution in [0.4, 0.5) is 16.6 Å². The molecule has 2 amide bonds. The predicted molar refractivity (Wildman–Crippen MR) is 99.7 cm³/mol. The average molecular weight is 371 g/mol. The topological polar surface area (TPSA) is 100 Å². The monoisotopic (exact) mass is 371 g/mol. The third-order valence-electron chi connectivity index (χ3n) is 3.35. The number of carbonyl (C=O) groups is 2. The van der Waals surface area contributed by atoms with Gasteiger partial charge in [0.05, 0.1) is 30.3 Å². The van der Waals surface area contributed by atoms with E-state index in [0.29, 0.717) is 16.5 Å². The van der Waals surface area contributed by atoms with E-state index in [1.54, 1.807) is 29.8 Å². The van der Waals surface area contributed by atoms with Crippen LogP contribution in [0.3, 0.4) is 0 Å². The smallest absolute Gasteiger partial charge is 0.293 e. The molecular weight excluding hydrogens is 354 g/mol. The number of thiazole rings is 1. The van der Waals surface area contributed by atoms with Crippen molar-refractivity contribution >= 4 is 39.8 Å². The fourth-order valence-corrected chi connectivity index (χ4v) is 2.81. The van der Waals surface area contributed by atoms with Crippen LogP contribution >= 0.6 is 11.3 Å². The average Bonchev–Trinajstić information content (AvgIpc) is 3.27. The normalized spacial score (nSPS) is 10.4. The van der Waals surface area contributed by atoms with Gasteiger partial charge in [0.2, 0.25) is 5.91 Å². The molecular formula is C17H17N5O3S. The molecule has 0 aliphatic heterocycles. The highest BCUT2D eigenvalue weighted by molar-refractivity contribution is 7.14. The summed E-state index contributed by atoms with van der Waals surface area (Å²) in [5, 5.41) is 7.54. The summed E-state index contributed by atoms with van der Waals surface area (Å²) in [4.78, 5) is 34.4. The molecule has 0 aromatic carbocycles. The van der Waals surface area contributed by atoms with Crippen LogP contribution in [-0.4, -0.2) is 35.9 Å². The summed E-state index contributed by atoms with van der Waals surface area (Å²) in [6, 6.07) is 6.80. The molecule has 0 saturated heterocycles. The molecule has 8 nitrogen and oxygen atoms in total. The highest BCUT2D eigenvalue weighted by Crippen LogP contribution is 2.18. The van der Waals surface area contributed by atoms with Crippen molar-refractivity contribution in [3.63, 3.8) is 0 Å². The molecule has 3 aromatic heterocycles. The first-order valence-electron chi connectivity index (χ1n) is 7.74. The van der Waals surface area contributed by atoms with Crippen molar-refractivity contribution in [1.29, 1.82) is 0 Å². The summed E-state index contributed by atoms with van der Waals surface area (Å²) < 4.78 is 5.02. The minimum Gasteiger partial charge on any atom is -0.459 e. The third-order valence-corrected chi connectivity index (χ3v) is 4.16. The molecule has 0 bridgehead atoms. The Morgan fingerprint density at radius 3 is 2.73 bits per heavy atom. The van der Waals surface area contributed by atoms with Gasteiger partial charge >= 0.3 is 0 Å². The summed E-state index contributed by atoms with van der Waals surface area (Å²) in [6.07, 6.45) is 3.12. The highest BCUT2D eigenvalue weighted by Gasteiger charge is 2.13. The van der Waals surface area contributed by atoms with E-state index >= 15 is 0 Å². The Kier molecular flexibility index (Phi) is 5.28. The number of aromatic nitrogens is 2. The third kappa shape index (κ3) is 4.45. The molecule has 3 rings (SSSR count). The van der Waals surface area contributed by atoms with Crippen LogP contribution in [0.5, 0.6) is 0 Å². The maximum atomic E-state index is 12.1. The molecule has 0 unspecified atom stereocenters. The van der Waals surface area contributed by atoms with Crippen molar-refractivity contribution in [2.45, 2.75) is 6.42 Å². The lowest BCUT2D eigenvalue weighted by Crippen LogP contribution is -2.16. The lowest BCUT2D eigenvalue weighted by molar-refractivity contribution is -0.115. The first kappa shape index (κ1) is 17.6. The number of carbonyl (C=O) groups excluding carboxylic acids is 2. The zero-order chi connectivity index (χ0) is 18.5. The molecule has 3 aromatic rings. The van der Waals surface area contributed by atoms with Crippen LogP contribution in [0.15, 0.2) is 46.5 Å². The van der Waals surface area contributed by atoms with Gasteiger partial charge in [-0.15, -0.1) is 11.3 Å². The molecule has 0 aliphatic carbocycles. The Hall–Kier alpha value is -3.20. The number of amides is 2. The van der Waals surface area contributed by atoms with Crippen molar-refractivity contribution in [2.75, 3.05) is 29.6 Å². The van der Waals surface area contributed by atoms with Crippen LogP contribution in [-0.2, 0) is 11.2 Å². The van der Waals surface area contributed by atoms with Gasteiger partial charge in [-0.1, -0.05) is 0 Å². The lowest BCUT2D eigenvalue weighted by Gasteiger charge is -2.11. The lowest BCUT2D eigenvalue weighted by atomic mass is 10.3. The number of hydrogen-bond donors (Lipinski definition) is 2. The van der Waals surface area contributed by atoms with Gasteiger partial charge in [0.1, 0.15) is 5.82 Å². The highest BCUT2D eigenvalue weighted by atomic mass is 32.1. The second-order valence-corrected chi connectivity index (χ2v) is 6.46. The quantitative estimate of drug-likeness (QED) is 0.691. The van der Waals surface area contributed by atoms with Crippen LogP contribution in [0.25, 0.3) is 0 Å². The van der Waals surface area contributed by atoms with E-state index < -0.39 is 0 Å². The number of anilines is 3.